The van der Waals surface area contributed by atoms with Crippen LogP contribution >= 0.6 is 72.2 Å². The molecule has 1 atom stereocenters. The molecule has 15 heavy (non-hydrogen) atoms. The number of rotatable bonds is 2. The van der Waals surface area contributed by atoms with Crippen LogP contribution in [0.15, 0.2) is 0 Å². The van der Waals surface area contributed by atoms with Crippen LogP contribution in [0.1, 0.15) is 20.8 Å². The molecule has 0 saturated carbocycles. The lowest BCUT2D eigenvalue weighted by molar-refractivity contribution is -0.113. The smallest absolute Gasteiger partial charge is 0.237 e. The fraction of sp³-hybridized carbons (Fsp3) is 0.625. The van der Waals surface area contributed by atoms with E-state index in [9.17, 15) is 4.79 Å². The summed E-state index contributed by atoms with van der Waals surface area (Å²) in [5, 5.41) is 0.291. The zero-order valence-corrected chi connectivity index (χ0v) is 13.4. The zero-order chi connectivity index (χ0) is 12.2. The van der Waals surface area contributed by atoms with E-state index in [1.54, 1.807) is 25.6 Å². The molecule has 0 aromatic carbocycles. The highest BCUT2D eigenvalue weighted by Crippen LogP contribution is 2.33. The van der Waals surface area contributed by atoms with Crippen molar-refractivity contribution < 1.29 is 4.79 Å². The molecule has 0 amide bonds. The zero-order valence-electron chi connectivity index (χ0n) is 8.44. The minimum Gasteiger partial charge on any atom is -0.280 e. The van der Waals surface area contributed by atoms with Crippen molar-refractivity contribution in [3.63, 3.8) is 0 Å². The van der Waals surface area contributed by atoms with E-state index in [0.717, 1.165) is 0 Å². The quantitative estimate of drug-likeness (QED) is 0.358. The van der Waals surface area contributed by atoms with E-state index in [4.69, 9.17) is 23.8 Å². The lowest BCUT2D eigenvalue weighted by Gasteiger charge is -2.16. The highest BCUT2D eigenvalue weighted by atomic mass is 35.5. The average molecular weight is 319 g/mol. The van der Waals surface area contributed by atoms with Crippen LogP contribution in [0.3, 0.4) is 0 Å². The molecule has 1 unspecified atom stereocenters. The monoisotopic (exact) mass is 318 g/mol. The molecule has 0 N–H and O–H groups in total. The second-order valence-corrected chi connectivity index (χ2v) is 9.01. The molecule has 0 aromatic heterocycles. The predicted octanol–water partition coefficient (Wildman–Crippen LogP) is 3.93. The average Bonchev–Trinajstić information content (AvgIpc) is 2.62. The van der Waals surface area contributed by atoms with Gasteiger partial charge in [0.25, 0.3) is 0 Å². The number of thioether (sulfide) groups is 2. The summed E-state index contributed by atoms with van der Waals surface area (Å²) in [6, 6.07) is 0. The Kier molecular flexibility index (Phi) is 7.35. The first-order chi connectivity index (χ1) is 6.66. The minimum absolute atomic E-state index is 0.408. The number of carbonyl (C=O) groups excluding carboxylic acids is 1. The van der Waals surface area contributed by atoms with Crippen LogP contribution in [0, 0.1) is 0 Å². The maximum absolute atomic E-state index is 10.7. The summed E-state index contributed by atoms with van der Waals surface area (Å²) in [5.41, 5.74) is 0. The number of hydrogen-bond donors (Lipinski definition) is 1. The van der Waals surface area contributed by atoms with Crippen LogP contribution in [0.4, 0.5) is 0 Å². The molecule has 7 heteroatoms. The van der Waals surface area contributed by atoms with Gasteiger partial charge in [0.15, 0.2) is 0 Å². The number of halogens is 1. The van der Waals surface area contributed by atoms with Gasteiger partial charge in [-0.2, -0.15) is 0 Å². The highest BCUT2D eigenvalue weighted by Gasteiger charge is 2.27. The summed E-state index contributed by atoms with van der Waals surface area (Å²) in [5.74, 6) is 0. The van der Waals surface area contributed by atoms with E-state index in [1.165, 1.54) is 16.0 Å². The van der Waals surface area contributed by atoms with E-state index < -0.39 is 9.99 Å². The Labute approximate surface area is 120 Å². The van der Waals surface area contributed by atoms with Crippen LogP contribution in [0.2, 0.25) is 0 Å². The second kappa shape index (κ2) is 6.81. The van der Waals surface area contributed by atoms with Crippen molar-refractivity contribution in [1.82, 2.24) is 0 Å². The van der Waals surface area contributed by atoms with E-state index in [1.807, 2.05) is 0 Å². The van der Waals surface area contributed by atoms with E-state index in [0.29, 0.717) is 8.78 Å². The molecule has 1 heterocycles. The fourth-order valence-electron chi connectivity index (χ4n) is 0.399. The van der Waals surface area contributed by atoms with Gasteiger partial charge in [-0.15, -0.1) is 24.4 Å². The van der Waals surface area contributed by atoms with Crippen molar-refractivity contribution in [3.8, 4) is 0 Å². The lowest BCUT2D eigenvalue weighted by Crippen LogP contribution is -2.23. The number of thiocarbonyl (C=S) groups is 2. The molecule has 0 aromatic rings. The largest absolute Gasteiger partial charge is 0.280 e. The van der Waals surface area contributed by atoms with Crippen molar-refractivity contribution in [2.24, 2.45) is 0 Å². The summed E-state index contributed by atoms with van der Waals surface area (Å²) in [6.07, 6.45) is 0. The van der Waals surface area contributed by atoms with Crippen molar-refractivity contribution >= 4 is 85.2 Å². The fourth-order valence-corrected chi connectivity index (χ4v) is 3.05. The van der Waals surface area contributed by atoms with Gasteiger partial charge in [-0.3, -0.25) is 4.79 Å². The molecule has 0 radical (unpaired) electrons. The molecule has 1 nitrogen and oxygen atoms in total. The molecule has 1 saturated heterocycles. The van der Waals surface area contributed by atoms with Gasteiger partial charge in [0.2, 0.25) is 5.24 Å². The topological polar surface area (TPSA) is 17.1 Å². The van der Waals surface area contributed by atoms with Gasteiger partial charge in [0.1, 0.15) is 3.53 Å². The Morgan fingerprint density at radius 3 is 2.07 bits per heavy atom. The van der Waals surface area contributed by atoms with Gasteiger partial charge in [0.05, 0.1) is 8.94 Å². The molecule has 1 rings (SSSR count). The molecular formula is C8H11ClOS5. The number of hydrogen-bond acceptors (Lipinski definition) is 5. The summed E-state index contributed by atoms with van der Waals surface area (Å²) in [4.78, 5) is 10.7. The van der Waals surface area contributed by atoms with Crippen molar-refractivity contribution in [3.05, 3.63) is 0 Å². The third kappa shape index (κ3) is 7.99. The minimum atomic E-state index is -0.652. The van der Waals surface area contributed by atoms with Gasteiger partial charge in [0, 0.05) is 5.25 Å². The van der Waals surface area contributed by atoms with Gasteiger partial charge < -0.3 is 0 Å². The van der Waals surface area contributed by atoms with Crippen LogP contribution in [-0.2, 0) is 4.79 Å². The maximum atomic E-state index is 10.7. The van der Waals surface area contributed by atoms with Crippen molar-refractivity contribution in [1.29, 1.82) is 0 Å². The first-order valence-electron chi connectivity index (χ1n) is 3.99. The predicted molar refractivity (Wildman–Crippen MR) is 83.8 cm³/mol. The summed E-state index contributed by atoms with van der Waals surface area (Å²) < 4.78 is 0.949. The van der Waals surface area contributed by atoms with Crippen LogP contribution in [0.25, 0.3) is 0 Å². The standard InChI is InChI=1S/C5H7ClOS3.C3H4S2/c1-5(2,3(6)7)10-4(8)9;1-2-3(4)5-2/h1-2H3,(H,8,9);2H,1H3. The van der Waals surface area contributed by atoms with Crippen LogP contribution in [0.5, 0.6) is 0 Å². The normalized spacial score (nSPS) is 19.0. The summed E-state index contributed by atoms with van der Waals surface area (Å²) in [7, 11) is 0. The Bertz CT molecular complexity index is 289. The van der Waals surface area contributed by atoms with Crippen molar-refractivity contribution in [2.75, 3.05) is 0 Å². The molecule has 86 valence electrons. The van der Waals surface area contributed by atoms with Gasteiger partial charge in [-0.1, -0.05) is 36.2 Å². The molecule has 1 fully saturated rings. The molecule has 1 aliphatic heterocycles. The Hall–Kier alpha value is 1.19. The molecule has 0 bridgehead atoms. The number of carbonyl (C=O) groups is 1. The Morgan fingerprint density at radius 2 is 2.00 bits per heavy atom. The lowest BCUT2D eigenvalue weighted by atomic mass is 10.2. The number of thiol groups is 1. The maximum Gasteiger partial charge on any atom is 0.237 e. The highest BCUT2D eigenvalue weighted by molar-refractivity contribution is 8.42. The molecule has 0 aliphatic carbocycles. The summed E-state index contributed by atoms with van der Waals surface area (Å²) in [6.45, 7) is 5.53. The van der Waals surface area contributed by atoms with Gasteiger partial charge >= 0.3 is 0 Å². The first kappa shape index (κ1) is 16.2. The van der Waals surface area contributed by atoms with Gasteiger partial charge in [-0.25, -0.2) is 0 Å². The van der Waals surface area contributed by atoms with Crippen LogP contribution in [-0.4, -0.2) is 23.0 Å². The second-order valence-electron chi connectivity index (χ2n) is 3.23. The van der Waals surface area contributed by atoms with Gasteiger partial charge in [-0.05, 0) is 32.4 Å². The van der Waals surface area contributed by atoms with E-state index in [2.05, 4.69) is 31.8 Å². The Balaban J connectivity index is 0.000000322. The first-order valence-corrected chi connectivity index (χ1v) is 7.33. The third-order valence-electron chi connectivity index (χ3n) is 1.38. The molecule has 0 spiro atoms. The molecule has 1 aliphatic rings. The SMILES string of the molecule is CC(C)(SC(=S)S)C(=O)Cl.CC1SC1=S. The van der Waals surface area contributed by atoms with E-state index in [-0.39, 0.29) is 0 Å². The van der Waals surface area contributed by atoms with Crippen molar-refractivity contribution in [2.45, 2.75) is 30.8 Å². The van der Waals surface area contributed by atoms with Crippen LogP contribution < -0.4 is 0 Å². The van der Waals surface area contributed by atoms with E-state index >= 15 is 0 Å². The Morgan fingerprint density at radius 1 is 1.67 bits per heavy atom. The summed E-state index contributed by atoms with van der Waals surface area (Å²) >= 11 is 21.5. The third-order valence-corrected chi connectivity index (χ3v) is 5.07. The molecular weight excluding hydrogens is 308 g/mol.